The molecule has 0 saturated heterocycles. The first-order valence-electron chi connectivity index (χ1n) is 6.76. The van der Waals surface area contributed by atoms with E-state index in [0.717, 1.165) is 6.07 Å². The zero-order chi connectivity index (χ0) is 16.0. The summed E-state index contributed by atoms with van der Waals surface area (Å²) in [6.07, 6.45) is 1.32. The predicted octanol–water partition coefficient (Wildman–Crippen LogP) is 5.36. The lowest BCUT2D eigenvalue weighted by Gasteiger charge is -2.01. The molecule has 0 aliphatic heterocycles. The van der Waals surface area contributed by atoms with Gasteiger partial charge in [0.2, 0.25) is 0 Å². The Kier molecular flexibility index (Phi) is 6.40. The molecule has 0 nitrogen and oxygen atoms in total. The van der Waals surface area contributed by atoms with Gasteiger partial charge < -0.3 is 0 Å². The lowest BCUT2D eigenvalue weighted by molar-refractivity contribution is 0.565. The quantitative estimate of drug-likeness (QED) is 0.654. The molecule has 0 atom stereocenters. The van der Waals surface area contributed by atoms with Crippen molar-refractivity contribution in [1.29, 1.82) is 0 Å². The van der Waals surface area contributed by atoms with E-state index >= 15 is 0 Å². The summed E-state index contributed by atoms with van der Waals surface area (Å²) in [6.45, 7) is 5.15. The van der Waals surface area contributed by atoms with Crippen molar-refractivity contribution >= 4 is 0 Å². The Morgan fingerprint density at radius 3 is 1.43 bits per heavy atom. The van der Waals surface area contributed by atoms with Crippen LogP contribution in [-0.4, -0.2) is 0 Å². The highest BCUT2D eigenvalue weighted by atomic mass is 19.1. The second-order valence-electron chi connectivity index (χ2n) is 4.67. The minimum Gasteiger partial charge on any atom is -0.207 e. The van der Waals surface area contributed by atoms with Crippen molar-refractivity contribution in [1.82, 2.24) is 0 Å². The predicted molar refractivity (Wildman–Crippen MR) is 76.2 cm³/mol. The monoisotopic (exact) mass is 298 g/mol. The van der Waals surface area contributed by atoms with Gasteiger partial charge in [-0.15, -0.1) is 0 Å². The molecule has 0 unspecified atom stereocenters. The van der Waals surface area contributed by atoms with E-state index in [0.29, 0.717) is 24.0 Å². The molecule has 0 radical (unpaired) electrons. The molecule has 114 valence electrons. The van der Waals surface area contributed by atoms with Crippen LogP contribution < -0.4 is 0 Å². The average Bonchev–Trinajstić information content (AvgIpc) is 2.43. The second kappa shape index (κ2) is 7.81. The average molecular weight is 298 g/mol. The van der Waals surface area contributed by atoms with E-state index in [1.165, 1.54) is 31.2 Å². The van der Waals surface area contributed by atoms with Gasteiger partial charge in [0.25, 0.3) is 0 Å². The molecule has 0 aliphatic carbocycles. The number of halogens is 4. The molecular formula is C17H18F4. The van der Waals surface area contributed by atoms with Crippen LogP contribution in [0.4, 0.5) is 17.6 Å². The Bertz CT molecular complexity index is 562. The van der Waals surface area contributed by atoms with Gasteiger partial charge in [-0.1, -0.05) is 13.8 Å². The van der Waals surface area contributed by atoms with Crippen LogP contribution in [0, 0.1) is 30.2 Å². The van der Waals surface area contributed by atoms with Gasteiger partial charge in [-0.05, 0) is 55.2 Å². The first kappa shape index (κ1) is 17.2. The normalized spacial score (nSPS) is 10.0. The van der Waals surface area contributed by atoms with E-state index in [1.807, 2.05) is 13.8 Å². The SMILES string of the molecule is CCc1cc(F)c(C)c(F)c1.CCc1cc(F)cc(F)c1. The summed E-state index contributed by atoms with van der Waals surface area (Å²) in [6, 6.07) is 6.29. The Morgan fingerprint density at radius 2 is 1.05 bits per heavy atom. The highest BCUT2D eigenvalue weighted by Crippen LogP contribution is 2.14. The first-order valence-corrected chi connectivity index (χ1v) is 6.76. The maximum Gasteiger partial charge on any atom is 0.129 e. The van der Waals surface area contributed by atoms with Crippen LogP contribution in [0.15, 0.2) is 30.3 Å². The molecule has 0 amide bonds. The molecule has 2 aromatic carbocycles. The van der Waals surface area contributed by atoms with Gasteiger partial charge >= 0.3 is 0 Å². The maximum absolute atomic E-state index is 12.8. The maximum atomic E-state index is 12.8. The van der Waals surface area contributed by atoms with Gasteiger partial charge in [0.1, 0.15) is 23.3 Å². The zero-order valence-electron chi connectivity index (χ0n) is 12.3. The van der Waals surface area contributed by atoms with E-state index < -0.39 is 23.3 Å². The van der Waals surface area contributed by atoms with Gasteiger partial charge in [0.15, 0.2) is 0 Å². The zero-order valence-corrected chi connectivity index (χ0v) is 12.3. The first-order chi connectivity index (χ1) is 9.87. The van der Waals surface area contributed by atoms with Crippen molar-refractivity contribution in [2.45, 2.75) is 33.6 Å². The van der Waals surface area contributed by atoms with Crippen LogP contribution in [0.5, 0.6) is 0 Å². The standard InChI is InChI=1S/C9H10F2.C8H8F2/c1-3-7-4-8(10)6(2)9(11)5-7;1-2-6-3-7(9)5-8(10)4-6/h4-5H,3H2,1-2H3;3-5H,2H2,1H3. The lowest BCUT2D eigenvalue weighted by Crippen LogP contribution is -1.91. The fourth-order valence-electron chi connectivity index (χ4n) is 1.72. The van der Waals surface area contributed by atoms with Crippen molar-refractivity contribution in [3.8, 4) is 0 Å². The summed E-state index contributed by atoms with van der Waals surface area (Å²) in [5.74, 6) is -1.92. The Labute approximate surface area is 122 Å². The minimum atomic E-state index is -0.503. The van der Waals surface area contributed by atoms with Gasteiger partial charge in [-0.25, -0.2) is 17.6 Å². The lowest BCUT2D eigenvalue weighted by atomic mass is 10.1. The smallest absolute Gasteiger partial charge is 0.129 e. The fraction of sp³-hybridized carbons (Fsp3) is 0.294. The van der Waals surface area contributed by atoms with Gasteiger partial charge in [-0.3, -0.25) is 0 Å². The number of hydrogen-bond acceptors (Lipinski definition) is 0. The molecular weight excluding hydrogens is 280 g/mol. The fourth-order valence-corrected chi connectivity index (χ4v) is 1.72. The van der Waals surface area contributed by atoms with Gasteiger partial charge in [-0.2, -0.15) is 0 Å². The molecule has 0 N–H and O–H groups in total. The Hall–Kier alpha value is -1.84. The van der Waals surface area contributed by atoms with Crippen LogP contribution in [0.25, 0.3) is 0 Å². The summed E-state index contributed by atoms with van der Waals surface area (Å²) in [4.78, 5) is 0. The molecule has 0 fully saturated rings. The third-order valence-electron chi connectivity index (χ3n) is 3.08. The molecule has 21 heavy (non-hydrogen) atoms. The molecule has 0 bridgehead atoms. The summed E-state index contributed by atoms with van der Waals surface area (Å²) in [5, 5.41) is 0. The topological polar surface area (TPSA) is 0 Å². The molecule has 0 saturated carbocycles. The Balaban J connectivity index is 0.000000211. The van der Waals surface area contributed by atoms with Crippen LogP contribution in [0.1, 0.15) is 30.5 Å². The number of rotatable bonds is 2. The summed E-state index contributed by atoms with van der Waals surface area (Å²) >= 11 is 0. The van der Waals surface area contributed by atoms with Crippen LogP contribution >= 0.6 is 0 Å². The summed E-state index contributed by atoms with van der Waals surface area (Å²) in [5.41, 5.74) is 1.49. The van der Waals surface area contributed by atoms with Crippen molar-refractivity contribution in [3.05, 3.63) is 70.3 Å². The molecule has 0 spiro atoms. The van der Waals surface area contributed by atoms with Crippen molar-refractivity contribution in [3.63, 3.8) is 0 Å². The molecule has 0 aromatic heterocycles. The third kappa shape index (κ3) is 5.21. The van der Waals surface area contributed by atoms with Crippen LogP contribution in [0.3, 0.4) is 0 Å². The van der Waals surface area contributed by atoms with Gasteiger partial charge in [0, 0.05) is 11.6 Å². The molecule has 4 heteroatoms. The largest absolute Gasteiger partial charge is 0.207 e. The van der Waals surface area contributed by atoms with Crippen molar-refractivity contribution in [2.75, 3.05) is 0 Å². The van der Waals surface area contributed by atoms with E-state index in [2.05, 4.69) is 0 Å². The van der Waals surface area contributed by atoms with E-state index in [9.17, 15) is 17.6 Å². The van der Waals surface area contributed by atoms with E-state index in [-0.39, 0.29) is 5.56 Å². The molecule has 0 heterocycles. The van der Waals surface area contributed by atoms with Crippen LogP contribution in [-0.2, 0) is 12.8 Å². The summed E-state index contributed by atoms with van der Waals surface area (Å²) in [7, 11) is 0. The van der Waals surface area contributed by atoms with Gasteiger partial charge in [0.05, 0.1) is 0 Å². The van der Waals surface area contributed by atoms with E-state index in [1.54, 1.807) is 0 Å². The summed E-state index contributed by atoms with van der Waals surface area (Å²) < 4.78 is 50.3. The van der Waals surface area contributed by atoms with Crippen molar-refractivity contribution < 1.29 is 17.6 Å². The molecule has 2 rings (SSSR count). The molecule has 2 aromatic rings. The number of hydrogen-bond donors (Lipinski definition) is 0. The highest BCUT2D eigenvalue weighted by molar-refractivity contribution is 5.24. The minimum absolute atomic E-state index is 0.0993. The number of benzene rings is 2. The van der Waals surface area contributed by atoms with Crippen LogP contribution in [0.2, 0.25) is 0 Å². The van der Waals surface area contributed by atoms with E-state index in [4.69, 9.17) is 0 Å². The molecule has 0 aliphatic rings. The number of aryl methyl sites for hydroxylation is 2. The Morgan fingerprint density at radius 1 is 0.667 bits per heavy atom. The third-order valence-corrected chi connectivity index (χ3v) is 3.08. The highest BCUT2D eigenvalue weighted by Gasteiger charge is 2.04. The second-order valence-corrected chi connectivity index (χ2v) is 4.67. The van der Waals surface area contributed by atoms with Crippen molar-refractivity contribution in [2.24, 2.45) is 0 Å².